The fraction of sp³-hybridized carbons (Fsp3) is 0.900. The summed E-state index contributed by atoms with van der Waals surface area (Å²) < 4.78 is 20.0. The van der Waals surface area contributed by atoms with Gasteiger partial charge in [-0.2, -0.15) is 0 Å². The lowest BCUT2D eigenvalue weighted by Gasteiger charge is -2.22. The van der Waals surface area contributed by atoms with Crippen LogP contribution in [-0.4, -0.2) is 37.8 Å². The molecule has 1 saturated heterocycles. The zero-order valence-electron chi connectivity index (χ0n) is 9.32. The zero-order chi connectivity index (χ0) is 11.8. The van der Waals surface area contributed by atoms with Crippen LogP contribution in [0.1, 0.15) is 26.2 Å². The van der Waals surface area contributed by atoms with Crippen LogP contribution in [0.15, 0.2) is 0 Å². The third kappa shape index (κ3) is 6.15. The van der Waals surface area contributed by atoms with Crippen molar-refractivity contribution in [2.45, 2.75) is 38.0 Å². The van der Waals surface area contributed by atoms with Gasteiger partial charge in [0.15, 0.2) is 11.9 Å². The molecule has 0 aromatic rings. The molecule has 0 saturated carbocycles. The van der Waals surface area contributed by atoms with Crippen LogP contribution in [0.4, 0.5) is 4.79 Å². The molecule has 1 aliphatic heterocycles. The van der Waals surface area contributed by atoms with Crippen LogP contribution in [0.25, 0.3) is 0 Å². The van der Waals surface area contributed by atoms with Gasteiger partial charge in [-0.15, -0.1) is 0 Å². The largest absolute Gasteiger partial charge is 0.509 e. The molecule has 0 aromatic carbocycles. The number of alkyl halides is 1. The van der Waals surface area contributed by atoms with E-state index in [-0.39, 0.29) is 12.9 Å². The Morgan fingerprint density at radius 3 is 2.94 bits per heavy atom. The van der Waals surface area contributed by atoms with Gasteiger partial charge in [-0.25, -0.2) is 4.79 Å². The summed E-state index contributed by atoms with van der Waals surface area (Å²) in [6.45, 7) is 2.71. The minimum atomic E-state index is -0.782. The van der Waals surface area contributed by atoms with E-state index in [1.54, 1.807) is 0 Å². The lowest BCUT2D eigenvalue weighted by molar-refractivity contribution is -0.167. The highest BCUT2D eigenvalue weighted by Crippen LogP contribution is 2.13. The molecule has 1 heterocycles. The highest BCUT2D eigenvalue weighted by molar-refractivity contribution is 6.19. The molecule has 0 spiro atoms. The molecule has 6 heteroatoms. The highest BCUT2D eigenvalue weighted by atomic mass is 35.5. The van der Waals surface area contributed by atoms with Gasteiger partial charge in [0.2, 0.25) is 0 Å². The Kier molecular flexibility index (Phi) is 6.52. The Hall–Kier alpha value is -0.520. The monoisotopic (exact) mass is 252 g/mol. The van der Waals surface area contributed by atoms with Gasteiger partial charge in [-0.3, -0.25) is 0 Å². The topological polar surface area (TPSA) is 54.0 Å². The number of hydrogen-bond acceptors (Lipinski definition) is 5. The smallest absolute Gasteiger partial charge is 0.432 e. The average Bonchev–Trinajstić information content (AvgIpc) is 2.25. The van der Waals surface area contributed by atoms with Crippen molar-refractivity contribution in [3.8, 4) is 0 Å². The third-order valence-electron chi connectivity index (χ3n) is 2.00. The minimum Gasteiger partial charge on any atom is -0.432 e. The molecule has 5 nitrogen and oxygen atoms in total. The first-order valence-electron chi connectivity index (χ1n) is 5.39. The Labute approximate surface area is 99.9 Å². The molecule has 94 valence electrons. The molecule has 1 rings (SSSR count). The Morgan fingerprint density at radius 2 is 2.31 bits per heavy atom. The summed E-state index contributed by atoms with van der Waals surface area (Å²) in [4.78, 5) is 10.9. The van der Waals surface area contributed by atoms with E-state index >= 15 is 0 Å². The standard InChI is InChI=1S/C10H17ClO5/c1-8(11)16-10(12)15-7-6-14-9-4-2-3-5-13-9/h8-9H,2-7H2,1H3. The molecule has 0 radical (unpaired) electrons. The molecule has 1 aliphatic rings. The van der Waals surface area contributed by atoms with Crippen LogP contribution in [0.5, 0.6) is 0 Å². The van der Waals surface area contributed by atoms with Crippen molar-refractivity contribution in [3.05, 3.63) is 0 Å². The van der Waals surface area contributed by atoms with E-state index in [0.29, 0.717) is 6.61 Å². The molecule has 0 aliphatic carbocycles. The number of ether oxygens (including phenoxy) is 4. The molecule has 0 aromatic heterocycles. The molecule has 0 bridgehead atoms. The van der Waals surface area contributed by atoms with E-state index in [9.17, 15) is 4.79 Å². The first kappa shape index (κ1) is 13.5. The first-order chi connectivity index (χ1) is 7.68. The molecule has 1 fully saturated rings. The number of hydrogen-bond donors (Lipinski definition) is 0. The van der Waals surface area contributed by atoms with Crippen LogP contribution >= 0.6 is 11.6 Å². The van der Waals surface area contributed by atoms with Crippen LogP contribution in [0, 0.1) is 0 Å². The number of carbonyl (C=O) groups excluding carboxylic acids is 1. The van der Waals surface area contributed by atoms with E-state index in [4.69, 9.17) is 25.8 Å². The maximum Gasteiger partial charge on any atom is 0.509 e. The van der Waals surface area contributed by atoms with Crippen molar-refractivity contribution in [1.29, 1.82) is 0 Å². The molecular formula is C10H17ClO5. The minimum absolute atomic E-state index is 0.141. The highest BCUT2D eigenvalue weighted by Gasteiger charge is 2.14. The second-order valence-electron chi connectivity index (χ2n) is 3.43. The van der Waals surface area contributed by atoms with Crippen molar-refractivity contribution in [2.75, 3.05) is 19.8 Å². The first-order valence-corrected chi connectivity index (χ1v) is 5.83. The Balaban J connectivity index is 1.96. The quantitative estimate of drug-likeness (QED) is 0.427. The van der Waals surface area contributed by atoms with E-state index < -0.39 is 11.7 Å². The predicted molar refractivity (Wildman–Crippen MR) is 57.3 cm³/mol. The van der Waals surface area contributed by atoms with Gasteiger partial charge in [0.25, 0.3) is 0 Å². The van der Waals surface area contributed by atoms with Gasteiger partial charge in [0.1, 0.15) is 6.61 Å². The SMILES string of the molecule is CC(Cl)OC(=O)OCCOC1CCCCO1. The molecule has 2 unspecified atom stereocenters. The van der Waals surface area contributed by atoms with Crippen molar-refractivity contribution in [2.24, 2.45) is 0 Å². The van der Waals surface area contributed by atoms with Crippen LogP contribution in [0.2, 0.25) is 0 Å². The number of rotatable bonds is 5. The summed E-state index contributed by atoms with van der Waals surface area (Å²) in [7, 11) is 0. The van der Waals surface area contributed by atoms with Gasteiger partial charge >= 0.3 is 6.16 Å². The van der Waals surface area contributed by atoms with E-state index in [2.05, 4.69) is 4.74 Å². The van der Waals surface area contributed by atoms with E-state index in [1.165, 1.54) is 6.92 Å². The summed E-state index contributed by atoms with van der Waals surface area (Å²) >= 11 is 5.43. The molecule has 16 heavy (non-hydrogen) atoms. The molecule has 2 atom stereocenters. The fourth-order valence-electron chi connectivity index (χ4n) is 1.31. The summed E-state index contributed by atoms with van der Waals surface area (Å²) in [5.74, 6) is 0. The number of carbonyl (C=O) groups is 1. The molecule has 0 amide bonds. The number of halogens is 1. The summed E-state index contributed by atoms with van der Waals surface area (Å²) in [6.07, 6.45) is 2.13. The lowest BCUT2D eigenvalue weighted by atomic mass is 10.2. The van der Waals surface area contributed by atoms with Gasteiger partial charge < -0.3 is 18.9 Å². The normalized spacial score (nSPS) is 22.5. The van der Waals surface area contributed by atoms with Crippen LogP contribution in [-0.2, 0) is 18.9 Å². The summed E-state index contributed by atoms with van der Waals surface area (Å²) in [6, 6.07) is 0. The second-order valence-corrected chi connectivity index (χ2v) is 4.04. The average molecular weight is 253 g/mol. The third-order valence-corrected chi connectivity index (χ3v) is 2.09. The fourth-order valence-corrected chi connectivity index (χ4v) is 1.39. The van der Waals surface area contributed by atoms with Crippen LogP contribution in [0.3, 0.4) is 0 Å². The van der Waals surface area contributed by atoms with Gasteiger partial charge in [0.05, 0.1) is 6.61 Å². The van der Waals surface area contributed by atoms with Gasteiger partial charge in [-0.1, -0.05) is 11.6 Å². The van der Waals surface area contributed by atoms with Gasteiger partial charge in [-0.05, 0) is 26.2 Å². The second kappa shape index (κ2) is 7.70. The van der Waals surface area contributed by atoms with Crippen molar-refractivity contribution in [3.63, 3.8) is 0 Å². The van der Waals surface area contributed by atoms with Crippen molar-refractivity contribution >= 4 is 17.8 Å². The van der Waals surface area contributed by atoms with Crippen molar-refractivity contribution < 1.29 is 23.7 Å². The van der Waals surface area contributed by atoms with Crippen molar-refractivity contribution in [1.82, 2.24) is 0 Å². The predicted octanol–water partition coefficient (Wildman–Crippen LogP) is 2.27. The molecule has 0 N–H and O–H groups in total. The zero-order valence-corrected chi connectivity index (χ0v) is 10.1. The maximum absolute atomic E-state index is 10.9. The van der Waals surface area contributed by atoms with Gasteiger partial charge in [0, 0.05) is 6.61 Å². The maximum atomic E-state index is 10.9. The summed E-state index contributed by atoms with van der Waals surface area (Å²) in [5, 5.41) is 0. The Bertz CT molecular complexity index is 203. The summed E-state index contributed by atoms with van der Waals surface area (Å²) in [5.41, 5.74) is -0.685. The molecular weight excluding hydrogens is 236 g/mol. The van der Waals surface area contributed by atoms with Crippen LogP contribution < -0.4 is 0 Å². The van der Waals surface area contributed by atoms with E-state index in [0.717, 1.165) is 25.9 Å². The Morgan fingerprint density at radius 1 is 1.50 bits per heavy atom. The van der Waals surface area contributed by atoms with E-state index in [1.807, 2.05) is 0 Å². The lowest BCUT2D eigenvalue weighted by Crippen LogP contribution is -2.24.